The Hall–Kier alpha value is -1.98. The number of carbonyl (C=O) groups is 1. The zero-order valence-electron chi connectivity index (χ0n) is 14.5. The van der Waals surface area contributed by atoms with E-state index in [9.17, 15) is 15.0 Å². The molecular formula is C17H19N5O3S2. The number of fused-ring (bicyclic) bond motifs is 1. The van der Waals surface area contributed by atoms with E-state index in [1.807, 2.05) is 19.1 Å². The van der Waals surface area contributed by atoms with Gasteiger partial charge in [0.25, 0.3) is 5.91 Å². The summed E-state index contributed by atoms with van der Waals surface area (Å²) in [6, 6.07) is 4.75. The molecule has 3 aromatic rings. The number of carbonyl (C=O) groups excluding carboxylic acids is 1. The van der Waals surface area contributed by atoms with Gasteiger partial charge in [-0.1, -0.05) is 0 Å². The molecule has 0 bridgehead atoms. The molecule has 3 atom stereocenters. The lowest BCUT2D eigenvalue weighted by atomic mass is 10.0. The van der Waals surface area contributed by atoms with Crippen LogP contribution in [0.4, 0.5) is 0 Å². The maximum Gasteiger partial charge on any atom is 0.261 e. The van der Waals surface area contributed by atoms with Crippen molar-refractivity contribution in [2.75, 3.05) is 5.75 Å². The Morgan fingerprint density at radius 1 is 1.52 bits per heavy atom. The number of hydrogen-bond acceptors (Lipinski definition) is 8. The zero-order chi connectivity index (χ0) is 19.2. The van der Waals surface area contributed by atoms with Gasteiger partial charge >= 0.3 is 0 Å². The minimum atomic E-state index is -1.86. The summed E-state index contributed by atoms with van der Waals surface area (Å²) < 4.78 is 1.73. The lowest BCUT2D eigenvalue weighted by Gasteiger charge is -2.40. The molecule has 1 fully saturated rings. The topological polar surface area (TPSA) is 126 Å². The molecule has 1 amide bonds. The standard InChI is InChI=1S/C17H19N5O3S2/c1-9-10(11-8-19-14-3-2-5-20-22(11)14)7-12(27-9)15(23)21-13-4-6-26-16(24)17(13,18)25/h2-3,5,7-8,13,16,24-25H,4,6,18H2,1H3,(H,21,23). The fourth-order valence-corrected chi connectivity index (χ4v) is 5.07. The Morgan fingerprint density at radius 2 is 2.33 bits per heavy atom. The number of aliphatic hydroxyl groups is 2. The molecule has 0 radical (unpaired) electrons. The molecule has 8 nitrogen and oxygen atoms in total. The Bertz CT molecular complexity index is 1000. The normalized spacial score (nSPS) is 25.6. The van der Waals surface area contributed by atoms with Crippen molar-refractivity contribution in [1.82, 2.24) is 19.9 Å². The van der Waals surface area contributed by atoms with Gasteiger partial charge in [0.15, 0.2) is 11.4 Å². The van der Waals surface area contributed by atoms with Crippen LogP contribution in [0.25, 0.3) is 16.9 Å². The van der Waals surface area contributed by atoms with Crippen LogP contribution < -0.4 is 11.1 Å². The van der Waals surface area contributed by atoms with Crippen LogP contribution in [0.5, 0.6) is 0 Å². The first-order chi connectivity index (χ1) is 12.9. The average Bonchev–Trinajstić information content (AvgIpc) is 3.22. The number of amides is 1. The van der Waals surface area contributed by atoms with Crippen molar-refractivity contribution in [2.24, 2.45) is 5.73 Å². The first kappa shape index (κ1) is 18.4. The summed E-state index contributed by atoms with van der Waals surface area (Å²) in [5.74, 6) is 0.275. The third-order valence-corrected chi connectivity index (χ3v) is 6.85. The maximum atomic E-state index is 12.7. The summed E-state index contributed by atoms with van der Waals surface area (Å²) >= 11 is 2.52. The Kier molecular flexibility index (Phi) is 4.68. The quantitative estimate of drug-likeness (QED) is 0.478. The second-order valence-corrected chi connectivity index (χ2v) is 8.89. The number of hydrogen-bond donors (Lipinski definition) is 4. The fourth-order valence-electron chi connectivity index (χ4n) is 3.11. The minimum absolute atomic E-state index is 0.330. The second kappa shape index (κ2) is 6.88. The Morgan fingerprint density at radius 3 is 3.15 bits per heavy atom. The van der Waals surface area contributed by atoms with Gasteiger partial charge in [-0.2, -0.15) is 5.10 Å². The van der Waals surface area contributed by atoms with Gasteiger partial charge in [-0.15, -0.1) is 23.1 Å². The number of aliphatic hydroxyl groups excluding tert-OH is 1. The third kappa shape index (κ3) is 3.23. The SMILES string of the molecule is Cc1sc(C(=O)NC2CCSC(O)C2(N)O)cc1-c1cnc2cccnn12. The number of thioether (sulfide) groups is 1. The molecule has 27 heavy (non-hydrogen) atoms. The summed E-state index contributed by atoms with van der Waals surface area (Å²) in [7, 11) is 0. The molecule has 0 aliphatic carbocycles. The molecular weight excluding hydrogens is 386 g/mol. The fraction of sp³-hybridized carbons (Fsp3) is 0.353. The van der Waals surface area contributed by atoms with Crippen molar-refractivity contribution in [3.63, 3.8) is 0 Å². The van der Waals surface area contributed by atoms with Gasteiger partial charge < -0.3 is 15.5 Å². The molecule has 10 heteroatoms. The van der Waals surface area contributed by atoms with E-state index in [1.54, 1.807) is 23.0 Å². The zero-order valence-corrected chi connectivity index (χ0v) is 16.1. The summed E-state index contributed by atoms with van der Waals surface area (Å²) in [6.45, 7) is 1.93. The van der Waals surface area contributed by atoms with E-state index in [2.05, 4.69) is 15.4 Å². The second-order valence-electron chi connectivity index (χ2n) is 6.44. The van der Waals surface area contributed by atoms with Crippen molar-refractivity contribution >= 4 is 34.7 Å². The first-order valence-electron chi connectivity index (χ1n) is 8.39. The summed E-state index contributed by atoms with van der Waals surface area (Å²) in [5.41, 5.74) is 5.23. The summed E-state index contributed by atoms with van der Waals surface area (Å²) in [4.78, 5) is 18.5. The highest BCUT2D eigenvalue weighted by atomic mass is 32.2. The lowest BCUT2D eigenvalue weighted by Crippen LogP contribution is -2.66. The highest BCUT2D eigenvalue weighted by molar-refractivity contribution is 7.99. The summed E-state index contributed by atoms with van der Waals surface area (Å²) in [5, 5.41) is 27.3. The molecule has 3 aromatic heterocycles. The average molecular weight is 406 g/mol. The number of nitrogens with two attached hydrogens (primary N) is 1. The molecule has 5 N–H and O–H groups in total. The largest absolute Gasteiger partial charge is 0.378 e. The molecule has 142 valence electrons. The van der Waals surface area contributed by atoms with Gasteiger partial charge in [-0.05, 0) is 37.3 Å². The van der Waals surface area contributed by atoms with Gasteiger partial charge in [0, 0.05) is 16.6 Å². The maximum absolute atomic E-state index is 12.7. The molecule has 3 unspecified atom stereocenters. The molecule has 1 aliphatic rings. The predicted octanol–water partition coefficient (Wildman–Crippen LogP) is 0.967. The Labute approximate surface area is 163 Å². The predicted molar refractivity (Wildman–Crippen MR) is 105 cm³/mol. The third-order valence-electron chi connectivity index (χ3n) is 4.64. The molecule has 1 saturated heterocycles. The van der Waals surface area contributed by atoms with Crippen molar-refractivity contribution in [3.05, 3.63) is 40.3 Å². The van der Waals surface area contributed by atoms with Gasteiger partial charge in [0.1, 0.15) is 5.44 Å². The van der Waals surface area contributed by atoms with Crippen LogP contribution in [0.15, 0.2) is 30.6 Å². The highest BCUT2D eigenvalue weighted by Gasteiger charge is 2.44. The van der Waals surface area contributed by atoms with E-state index in [-0.39, 0.29) is 5.91 Å². The lowest BCUT2D eigenvalue weighted by molar-refractivity contribution is -0.0586. The number of nitrogens with one attached hydrogen (secondary N) is 1. The molecule has 1 aliphatic heterocycles. The van der Waals surface area contributed by atoms with Gasteiger partial charge in [0.05, 0.1) is 22.8 Å². The van der Waals surface area contributed by atoms with Crippen LogP contribution in [0.1, 0.15) is 21.0 Å². The van der Waals surface area contributed by atoms with Crippen LogP contribution in [-0.4, -0.2) is 53.7 Å². The number of aromatic nitrogens is 3. The number of nitrogens with zero attached hydrogens (tertiary/aromatic N) is 3. The van der Waals surface area contributed by atoms with Crippen LogP contribution >= 0.6 is 23.1 Å². The number of aryl methyl sites for hydroxylation is 1. The van der Waals surface area contributed by atoms with E-state index >= 15 is 0 Å². The molecule has 4 heterocycles. The van der Waals surface area contributed by atoms with E-state index in [1.165, 1.54) is 23.1 Å². The number of rotatable bonds is 3. The van der Waals surface area contributed by atoms with Crippen LogP contribution in [0.2, 0.25) is 0 Å². The van der Waals surface area contributed by atoms with E-state index < -0.39 is 17.2 Å². The van der Waals surface area contributed by atoms with Crippen LogP contribution in [0, 0.1) is 6.92 Å². The van der Waals surface area contributed by atoms with Crippen molar-refractivity contribution < 1.29 is 15.0 Å². The van der Waals surface area contributed by atoms with Crippen molar-refractivity contribution in [2.45, 2.75) is 30.5 Å². The van der Waals surface area contributed by atoms with Gasteiger partial charge in [0.2, 0.25) is 0 Å². The summed E-state index contributed by atoms with van der Waals surface area (Å²) in [6.07, 6.45) is 3.89. The van der Waals surface area contributed by atoms with Crippen molar-refractivity contribution in [3.8, 4) is 11.3 Å². The number of imidazole rings is 1. The van der Waals surface area contributed by atoms with E-state index in [4.69, 9.17) is 5.73 Å². The highest BCUT2D eigenvalue weighted by Crippen LogP contribution is 2.32. The minimum Gasteiger partial charge on any atom is -0.378 e. The van der Waals surface area contributed by atoms with E-state index in [0.717, 1.165) is 21.8 Å². The molecule has 0 spiro atoms. The monoisotopic (exact) mass is 405 g/mol. The number of thiophene rings is 1. The van der Waals surface area contributed by atoms with Crippen molar-refractivity contribution in [1.29, 1.82) is 0 Å². The smallest absolute Gasteiger partial charge is 0.261 e. The van der Waals surface area contributed by atoms with Crippen LogP contribution in [-0.2, 0) is 0 Å². The van der Waals surface area contributed by atoms with Crippen LogP contribution in [0.3, 0.4) is 0 Å². The molecule has 0 aromatic carbocycles. The first-order valence-corrected chi connectivity index (χ1v) is 10.3. The van der Waals surface area contributed by atoms with Gasteiger partial charge in [-0.3, -0.25) is 10.5 Å². The molecule has 4 rings (SSSR count). The van der Waals surface area contributed by atoms with Gasteiger partial charge in [-0.25, -0.2) is 9.50 Å². The van der Waals surface area contributed by atoms with E-state index in [0.29, 0.717) is 17.1 Å². The molecule has 0 saturated carbocycles. The Balaban J connectivity index is 1.60.